The third-order valence-corrected chi connectivity index (χ3v) is 12.2. The maximum absolute atomic E-state index is 8.99. The van der Waals surface area contributed by atoms with E-state index < -0.39 is 6.89 Å². The minimum atomic E-state index is -1.68. The van der Waals surface area contributed by atoms with Crippen molar-refractivity contribution in [1.82, 2.24) is 10.2 Å². The smallest absolute Gasteiger partial charge is 0.121 e. The molecule has 0 bridgehead atoms. The first-order valence-electron chi connectivity index (χ1n) is 21.2. The number of unbranched alkanes of at least 4 members (excludes halogenated alkanes) is 1. The SMILES string of the molecule is C=C.C=CC(=Nc1cc(OC)ccc1C)c1ccccc1.C=CC1CC1P(=C)(C#N)/C=C\C.C=CN(CCCC)C(=C)N.CC(C)C.CCNCCCC1CCCC1. The van der Waals surface area contributed by atoms with Crippen LogP contribution in [0.2, 0.25) is 0 Å². The first kappa shape index (κ1) is 55.8. The number of nitrogens with one attached hydrogen (secondary N) is 1. The number of rotatable bonds is 17. The molecule has 4 rings (SSSR count). The Bertz CT molecular complexity index is 1560. The van der Waals surface area contributed by atoms with Crippen LogP contribution in [0.4, 0.5) is 5.69 Å². The molecular weight excluding hydrogens is 730 g/mol. The molecule has 2 aliphatic rings. The van der Waals surface area contributed by atoms with Crippen molar-refractivity contribution in [3.63, 3.8) is 0 Å². The Morgan fingerprint density at radius 1 is 1.07 bits per heavy atom. The Morgan fingerprint density at radius 2 is 1.69 bits per heavy atom. The third kappa shape index (κ3) is 25.1. The van der Waals surface area contributed by atoms with Gasteiger partial charge >= 0.3 is 0 Å². The molecule has 3 N–H and O–H groups in total. The van der Waals surface area contributed by atoms with E-state index >= 15 is 0 Å². The van der Waals surface area contributed by atoms with Gasteiger partial charge in [-0.1, -0.05) is 147 Å². The molecule has 2 aromatic rings. The van der Waals surface area contributed by atoms with Crippen molar-refractivity contribution in [2.24, 2.45) is 28.5 Å². The number of hydrogen-bond acceptors (Lipinski definition) is 6. The first-order valence-corrected chi connectivity index (χ1v) is 23.3. The van der Waals surface area contributed by atoms with Crippen molar-refractivity contribution >= 4 is 24.6 Å². The van der Waals surface area contributed by atoms with Crippen LogP contribution in [-0.4, -0.2) is 49.3 Å². The fraction of sp³-hybridized carbons (Fsp3) is 0.471. The van der Waals surface area contributed by atoms with E-state index in [1.807, 2.05) is 85.2 Å². The van der Waals surface area contributed by atoms with Crippen LogP contribution in [-0.2, 0) is 0 Å². The van der Waals surface area contributed by atoms with Crippen molar-refractivity contribution in [3.05, 3.63) is 135 Å². The molecular formula is C51H82N5OP. The van der Waals surface area contributed by atoms with Crippen molar-refractivity contribution in [2.45, 2.75) is 112 Å². The normalized spacial score (nSPS) is 16.2. The molecule has 0 spiro atoms. The Kier molecular flexibility index (Phi) is 33.4. The summed E-state index contributed by atoms with van der Waals surface area (Å²) in [4.78, 5) is 6.52. The Balaban J connectivity index is 0. The quantitative estimate of drug-likeness (QED) is 0.0719. The zero-order valence-electron chi connectivity index (χ0n) is 38.0. The second-order valence-corrected chi connectivity index (χ2v) is 18.1. The fourth-order valence-electron chi connectivity index (χ4n) is 5.94. The molecule has 322 valence electrons. The van der Waals surface area contributed by atoms with Gasteiger partial charge in [0.2, 0.25) is 0 Å². The number of ether oxygens (including phenoxy) is 1. The minimum absolute atomic E-state index is 0.496. The lowest BCUT2D eigenvalue weighted by atomic mass is 10.0. The number of aryl methyl sites for hydroxylation is 1. The Hall–Kier alpha value is -4.30. The van der Waals surface area contributed by atoms with Gasteiger partial charge in [-0.15, -0.1) is 19.7 Å². The van der Waals surface area contributed by atoms with E-state index in [1.54, 1.807) is 19.4 Å². The van der Waals surface area contributed by atoms with Crippen molar-refractivity contribution < 1.29 is 4.74 Å². The van der Waals surface area contributed by atoms with Crippen molar-refractivity contribution in [3.8, 4) is 11.6 Å². The molecule has 0 saturated heterocycles. The van der Waals surface area contributed by atoms with E-state index in [-0.39, 0.29) is 0 Å². The number of allylic oxidation sites excluding steroid dienone is 3. The second kappa shape index (κ2) is 34.7. The van der Waals surface area contributed by atoms with Crippen LogP contribution in [0.5, 0.6) is 5.75 Å². The lowest BCUT2D eigenvalue weighted by molar-refractivity contribution is 0.415. The van der Waals surface area contributed by atoms with E-state index in [2.05, 4.69) is 96.5 Å². The largest absolute Gasteiger partial charge is 0.497 e. The standard InChI is InChI=1S/C17H17NO.C10H14NP.C10H21N.C8H16N2.C4H10.C2H4/c1-4-16(14-8-6-5-7-9-14)18-17-12-15(19-3)11-10-13(17)2;1-4-6-12(3,8-11)10-7-9(10)5-2;1-2-11-9-5-8-10-6-3-4-7-10;1-4-6-7-10(5-2)8(3)9;1-4(2)3;1-2/h4-12H,1H2,2-3H3;4-6,9-10H,2-3,7H2,1H3;10-11H,2-9H2,1H3;5H,2-4,6-7,9H2,1H3;4H,1-3H3;1-2H2/b;6-4-;;;;. The average Bonchev–Trinajstić information content (AvgIpc) is 3.86. The minimum Gasteiger partial charge on any atom is -0.497 e. The maximum Gasteiger partial charge on any atom is 0.121 e. The summed E-state index contributed by atoms with van der Waals surface area (Å²) in [5.74, 6) is 8.21. The van der Waals surface area contributed by atoms with Crippen LogP contribution in [0.15, 0.2) is 129 Å². The monoisotopic (exact) mass is 812 g/mol. The van der Waals surface area contributed by atoms with Crippen LogP contribution in [0.25, 0.3) is 0 Å². The summed E-state index contributed by atoms with van der Waals surface area (Å²) in [5, 5.41) is 12.4. The number of nitriles is 1. The Labute approximate surface area is 357 Å². The van der Waals surface area contributed by atoms with E-state index in [4.69, 9.17) is 15.7 Å². The number of aliphatic imine (C=N–C) groups is 1. The molecule has 3 unspecified atom stereocenters. The highest BCUT2D eigenvalue weighted by atomic mass is 31.2. The molecule has 0 radical (unpaired) electrons. The fourth-order valence-corrected chi connectivity index (χ4v) is 8.34. The van der Waals surface area contributed by atoms with Gasteiger partial charge in [0.05, 0.1) is 30.1 Å². The summed E-state index contributed by atoms with van der Waals surface area (Å²) < 4.78 is 5.24. The molecule has 0 heterocycles. The van der Waals surface area contributed by atoms with Gasteiger partial charge in [0.15, 0.2) is 0 Å². The molecule has 0 amide bonds. The molecule has 58 heavy (non-hydrogen) atoms. The van der Waals surface area contributed by atoms with Gasteiger partial charge in [-0.2, -0.15) is 5.26 Å². The third-order valence-electron chi connectivity index (χ3n) is 9.25. The highest BCUT2D eigenvalue weighted by Gasteiger charge is 2.42. The van der Waals surface area contributed by atoms with Gasteiger partial charge in [0, 0.05) is 30.7 Å². The zero-order chi connectivity index (χ0) is 44.4. The lowest BCUT2D eigenvalue weighted by Gasteiger charge is -2.17. The van der Waals surface area contributed by atoms with Gasteiger partial charge in [0.25, 0.3) is 0 Å². The molecule has 3 atom stereocenters. The number of benzene rings is 2. The van der Waals surface area contributed by atoms with Crippen LogP contribution in [0.3, 0.4) is 0 Å². The predicted molar refractivity (Wildman–Crippen MR) is 264 cm³/mol. The highest BCUT2D eigenvalue weighted by Crippen LogP contribution is 2.64. The van der Waals surface area contributed by atoms with Gasteiger partial charge in [-0.05, 0) is 94.3 Å². The zero-order valence-corrected chi connectivity index (χ0v) is 38.9. The van der Waals surface area contributed by atoms with E-state index in [0.29, 0.717) is 17.4 Å². The van der Waals surface area contributed by atoms with Crippen LogP contribution in [0.1, 0.15) is 110 Å². The molecule has 6 nitrogen and oxygen atoms in total. The van der Waals surface area contributed by atoms with Crippen LogP contribution < -0.4 is 15.8 Å². The molecule has 2 fully saturated rings. The summed E-state index contributed by atoms with van der Waals surface area (Å²) in [6, 6.07) is 15.9. The van der Waals surface area contributed by atoms with Crippen LogP contribution >= 0.6 is 6.89 Å². The molecule has 2 aliphatic carbocycles. The van der Waals surface area contributed by atoms with Crippen molar-refractivity contribution in [2.75, 3.05) is 26.7 Å². The lowest BCUT2D eigenvalue weighted by Crippen LogP contribution is -2.22. The number of hydrogen-bond donors (Lipinski definition) is 2. The summed E-state index contributed by atoms with van der Waals surface area (Å²) in [7, 11) is 1.66. The van der Waals surface area contributed by atoms with Gasteiger partial charge < -0.3 is 20.7 Å². The second-order valence-electron chi connectivity index (χ2n) is 15.0. The topological polar surface area (TPSA) is 86.7 Å². The first-order chi connectivity index (χ1) is 27.8. The van der Waals surface area contributed by atoms with Gasteiger partial charge in [-0.25, -0.2) is 4.99 Å². The Morgan fingerprint density at radius 3 is 2.14 bits per heavy atom. The van der Waals surface area contributed by atoms with Crippen LogP contribution in [0, 0.1) is 35.7 Å². The number of nitrogens with two attached hydrogens (primary N) is 1. The number of nitrogens with zero attached hydrogens (tertiary/aromatic N) is 3. The summed E-state index contributed by atoms with van der Waals surface area (Å²) in [6.07, 6.45) is 23.7. The molecule has 2 saturated carbocycles. The van der Waals surface area contributed by atoms with Gasteiger partial charge in [0.1, 0.15) is 5.75 Å². The summed E-state index contributed by atoms with van der Waals surface area (Å²) in [6.45, 7) is 37.2. The maximum atomic E-state index is 8.99. The average molecular weight is 812 g/mol. The number of methoxy groups -OCH3 is 1. The highest BCUT2D eigenvalue weighted by molar-refractivity contribution is 7.81. The van der Waals surface area contributed by atoms with Crippen molar-refractivity contribution in [1.29, 1.82) is 5.26 Å². The van der Waals surface area contributed by atoms with E-state index in [1.165, 1.54) is 45.1 Å². The van der Waals surface area contributed by atoms with Gasteiger partial charge in [-0.3, -0.25) is 0 Å². The summed E-state index contributed by atoms with van der Waals surface area (Å²) >= 11 is 0. The van der Waals surface area contributed by atoms with E-state index in [0.717, 1.165) is 72.5 Å². The molecule has 0 aliphatic heterocycles. The van der Waals surface area contributed by atoms with E-state index in [9.17, 15) is 0 Å². The molecule has 0 aromatic heterocycles. The predicted octanol–water partition coefficient (Wildman–Crippen LogP) is 14.0. The summed E-state index contributed by atoms with van der Waals surface area (Å²) in [5.41, 5.74) is 9.87. The molecule has 7 heteroatoms. The molecule has 2 aromatic carbocycles.